The van der Waals surface area contributed by atoms with Gasteiger partial charge in [-0.25, -0.2) is 4.98 Å². The number of nitrogens with two attached hydrogens (primary N) is 1. The first-order valence-electron chi connectivity index (χ1n) is 9.78. The maximum atomic E-state index is 13.5. The Morgan fingerprint density at radius 3 is 2.48 bits per heavy atom. The average Bonchev–Trinajstić information content (AvgIpc) is 2.71. The molecule has 1 saturated carbocycles. The number of rotatable bonds is 6. The van der Waals surface area contributed by atoms with E-state index in [2.05, 4.69) is 15.3 Å². The average molecular weight is 406 g/mol. The van der Waals surface area contributed by atoms with E-state index in [1.165, 1.54) is 24.4 Å². The summed E-state index contributed by atoms with van der Waals surface area (Å²) in [5, 5.41) is 3.11. The third kappa shape index (κ3) is 5.12. The van der Waals surface area contributed by atoms with Gasteiger partial charge in [-0.15, -0.1) is 0 Å². The number of nitrogens with zero attached hydrogens (tertiary/aromatic N) is 2. The second kappa shape index (κ2) is 8.90. The first kappa shape index (κ1) is 21.2. The number of carbonyl (C=O) groups is 1. The van der Waals surface area contributed by atoms with E-state index in [4.69, 9.17) is 5.73 Å². The largest absolute Gasteiger partial charge is 0.418 e. The molecule has 0 unspecified atom stereocenters. The van der Waals surface area contributed by atoms with E-state index < -0.39 is 23.2 Å². The summed E-state index contributed by atoms with van der Waals surface area (Å²) in [5.74, 6) is 0.461. The van der Waals surface area contributed by atoms with Crippen molar-refractivity contribution >= 4 is 11.6 Å². The molecule has 0 bridgehead atoms. The number of nitrogens with one attached hydrogen (secondary N) is 1. The zero-order valence-electron chi connectivity index (χ0n) is 16.3. The highest BCUT2D eigenvalue weighted by Gasteiger charge is 2.37. The first-order valence-corrected chi connectivity index (χ1v) is 9.78. The van der Waals surface area contributed by atoms with Crippen LogP contribution in [0.15, 0.2) is 30.5 Å². The molecule has 2 aromatic heterocycles. The summed E-state index contributed by atoms with van der Waals surface area (Å²) in [7, 11) is 0. The maximum absolute atomic E-state index is 13.5. The normalized spacial score (nSPS) is 19.8. The van der Waals surface area contributed by atoms with Crippen LogP contribution in [0.4, 0.5) is 19.0 Å². The van der Waals surface area contributed by atoms with E-state index in [1.54, 1.807) is 6.92 Å². The summed E-state index contributed by atoms with van der Waals surface area (Å²) >= 11 is 0. The van der Waals surface area contributed by atoms with Gasteiger partial charge in [-0.1, -0.05) is 0 Å². The second-order valence-corrected chi connectivity index (χ2v) is 7.56. The van der Waals surface area contributed by atoms with Crippen LogP contribution < -0.4 is 11.1 Å². The molecule has 3 N–H and O–H groups in total. The number of alkyl halides is 3. The van der Waals surface area contributed by atoms with Gasteiger partial charge >= 0.3 is 6.18 Å². The van der Waals surface area contributed by atoms with Crippen molar-refractivity contribution in [3.63, 3.8) is 0 Å². The lowest BCUT2D eigenvalue weighted by Gasteiger charge is -2.27. The number of aromatic nitrogens is 2. The minimum atomic E-state index is -4.67. The summed E-state index contributed by atoms with van der Waals surface area (Å²) < 4.78 is 40.4. The molecule has 1 aliphatic rings. The van der Waals surface area contributed by atoms with Gasteiger partial charge in [-0.05, 0) is 75.3 Å². The van der Waals surface area contributed by atoms with E-state index in [0.29, 0.717) is 30.6 Å². The van der Waals surface area contributed by atoms with Crippen molar-refractivity contribution in [1.29, 1.82) is 0 Å². The van der Waals surface area contributed by atoms with Crippen molar-refractivity contribution in [2.75, 3.05) is 18.4 Å². The van der Waals surface area contributed by atoms with Gasteiger partial charge in [0, 0.05) is 24.0 Å². The Morgan fingerprint density at radius 1 is 1.17 bits per heavy atom. The molecule has 0 radical (unpaired) electrons. The zero-order valence-corrected chi connectivity index (χ0v) is 16.3. The molecule has 0 aliphatic heterocycles. The monoisotopic (exact) mass is 406 g/mol. The Labute approximate surface area is 167 Å². The van der Waals surface area contributed by atoms with Crippen LogP contribution in [0.5, 0.6) is 0 Å². The standard InChI is InChI=1S/C21H25F3N4O/c1-13-16(3-2-10-26-13)20(29)19-17(21(22,23)24)8-9-18(28-19)27-12-15-6-4-14(11-25)5-7-15/h2-3,8-10,14-15H,4-7,11-12,25H2,1H3,(H,27,28). The van der Waals surface area contributed by atoms with Crippen LogP contribution in [0.1, 0.15) is 53.0 Å². The quantitative estimate of drug-likeness (QED) is 0.703. The lowest BCUT2D eigenvalue weighted by molar-refractivity contribution is -0.138. The number of hydrogen-bond donors (Lipinski definition) is 2. The van der Waals surface area contributed by atoms with Crippen LogP contribution in [0.2, 0.25) is 0 Å². The molecule has 3 rings (SSSR count). The summed E-state index contributed by atoms with van der Waals surface area (Å²) in [6.45, 7) is 2.88. The Balaban J connectivity index is 1.81. The molecule has 0 saturated heterocycles. The highest BCUT2D eigenvalue weighted by molar-refractivity contribution is 6.09. The van der Waals surface area contributed by atoms with Crippen LogP contribution in [0, 0.1) is 18.8 Å². The fraction of sp³-hybridized carbons (Fsp3) is 0.476. The molecule has 2 aromatic rings. The highest BCUT2D eigenvalue weighted by Crippen LogP contribution is 2.33. The van der Waals surface area contributed by atoms with Gasteiger partial charge in [0.1, 0.15) is 11.5 Å². The maximum Gasteiger partial charge on any atom is 0.418 e. The number of ketones is 1. The predicted octanol–water partition coefficient (Wildman–Crippen LogP) is 4.21. The molecule has 1 fully saturated rings. The minimum Gasteiger partial charge on any atom is -0.370 e. The van der Waals surface area contributed by atoms with Crippen molar-refractivity contribution in [1.82, 2.24) is 9.97 Å². The molecule has 5 nitrogen and oxygen atoms in total. The summed E-state index contributed by atoms with van der Waals surface area (Å²) in [4.78, 5) is 20.9. The van der Waals surface area contributed by atoms with Gasteiger partial charge < -0.3 is 11.1 Å². The molecule has 2 heterocycles. The fourth-order valence-corrected chi connectivity index (χ4v) is 3.73. The molecule has 0 aromatic carbocycles. The minimum absolute atomic E-state index is 0.114. The summed E-state index contributed by atoms with van der Waals surface area (Å²) in [6, 6.07) is 5.18. The van der Waals surface area contributed by atoms with Crippen molar-refractivity contribution in [3.8, 4) is 0 Å². The van der Waals surface area contributed by atoms with E-state index in [-0.39, 0.29) is 11.4 Å². The first-order chi connectivity index (χ1) is 13.8. The van der Waals surface area contributed by atoms with E-state index in [0.717, 1.165) is 31.7 Å². The van der Waals surface area contributed by atoms with Crippen molar-refractivity contribution in [2.45, 2.75) is 38.8 Å². The van der Waals surface area contributed by atoms with Crippen molar-refractivity contribution < 1.29 is 18.0 Å². The molecule has 0 atom stereocenters. The molecule has 1 aliphatic carbocycles. The Bertz CT molecular complexity index is 861. The second-order valence-electron chi connectivity index (χ2n) is 7.56. The number of halogens is 3. The van der Waals surface area contributed by atoms with Crippen LogP contribution in [0.25, 0.3) is 0 Å². The van der Waals surface area contributed by atoms with E-state index in [1.807, 2.05) is 0 Å². The van der Waals surface area contributed by atoms with Crippen LogP contribution >= 0.6 is 0 Å². The molecule has 0 amide bonds. The van der Waals surface area contributed by atoms with E-state index in [9.17, 15) is 18.0 Å². The van der Waals surface area contributed by atoms with Crippen molar-refractivity contribution in [3.05, 3.63) is 53.0 Å². The summed E-state index contributed by atoms with van der Waals surface area (Å²) in [5.41, 5.74) is 4.54. The van der Waals surface area contributed by atoms with Crippen LogP contribution in [0.3, 0.4) is 0 Å². The van der Waals surface area contributed by atoms with Gasteiger partial charge in [0.05, 0.1) is 5.56 Å². The van der Waals surface area contributed by atoms with Gasteiger partial charge in [0.15, 0.2) is 0 Å². The lowest BCUT2D eigenvalue weighted by Crippen LogP contribution is -2.25. The zero-order chi connectivity index (χ0) is 21.0. The van der Waals surface area contributed by atoms with E-state index >= 15 is 0 Å². The SMILES string of the molecule is Cc1ncccc1C(=O)c1nc(NCC2CCC(CN)CC2)ccc1C(F)(F)F. The number of aryl methyl sites for hydroxylation is 1. The van der Waals surface area contributed by atoms with Crippen LogP contribution in [-0.2, 0) is 6.18 Å². The molecule has 0 spiro atoms. The van der Waals surface area contributed by atoms with Gasteiger partial charge in [0.2, 0.25) is 5.78 Å². The molecule has 8 heteroatoms. The van der Waals surface area contributed by atoms with Gasteiger partial charge in [-0.2, -0.15) is 13.2 Å². The summed E-state index contributed by atoms with van der Waals surface area (Å²) in [6.07, 6.45) is 0.988. The lowest BCUT2D eigenvalue weighted by atomic mass is 9.82. The van der Waals surface area contributed by atoms with Crippen LogP contribution in [-0.4, -0.2) is 28.8 Å². The fourth-order valence-electron chi connectivity index (χ4n) is 3.73. The topological polar surface area (TPSA) is 80.9 Å². The number of carbonyl (C=O) groups excluding carboxylic acids is 1. The van der Waals surface area contributed by atoms with Gasteiger partial charge in [-0.3, -0.25) is 9.78 Å². The molecular weight excluding hydrogens is 381 g/mol. The number of pyridine rings is 2. The number of hydrogen-bond acceptors (Lipinski definition) is 5. The predicted molar refractivity (Wildman–Crippen MR) is 105 cm³/mol. The molecule has 29 heavy (non-hydrogen) atoms. The smallest absolute Gasteiger partial charge is 0.370 e. The third-order valence-electron chi connectivity index (χ3n) is 5.54. The highest BCUT2D eigenvalue weighted by atomic mass is 19.4. The number of anilines is 1. The Morgan fingerprint density at radius 2 is 1.86 bits per heavy atom. The van der Waals surface area contributed by atoms with Crippen molar-refractivity contribution in [2.24, 2.45) is 17.6 Å². The third-order valence-corrected chi connectivity index (χ3v) is 5.54. The molecular formula is C21H25F3N4O. The Kier molecular flexibility index (Phi) is 6.52. The molecule has 156 valence electrons. The Hall–Kier alpha value is -2.48. The van der Waals surface area contributed by atoms with Gasteiger partial charge in [0.25, 0.3) is 0 Å².